The molecule has 0 aliphatic carbocycles. The zero-order chi connectivity index (χ0) is 30.6. The Labute approximate surface area is 264 Å². The molecule has 0 radical (unpaired) electrons. The maximum atomic E-state index is 12.6. The molecule has 0 spiro atoms. The first kappa shape index (κ1) is 36.6. The summed E-state index contributed by atoms with van der Waals surface area (Å²) in [6.45, 7) is 6.02. The lowest BCUT2D eigenvalue weighted by atomic mass is 10.0. The second-order valence-electron chi connectivity index (χ2n) is 12.2. The number of carbonyl (C=O) groups excluding carboxylic acids is 1. The van der Waals surface area contributed by atoms with Crippen LogP contribution in [0.5, 0.6) is 11.5 Å². The molecule has 0 saturated heterocycles. The maximum Gasteiger partial charge on any atom is 0.185 e. The topological polar surface area (TPSA) is 35.5 Å². The smallest absolute Gasteiger partial charge is 0.185 e. The summed E-state index contributed by atoms with van der Waals surface area (Å²) < 4.78 is 11.7. The number of carbonyl (C=O) groups is 1. The lowest BCUT2D eigenvalue weighted by Gasteiger charge is -2.07. The van der Waals surface area contributed by atoms with Crippen molar-refractivity contribution in [2.24, 2.45) is 0 Å². The van der Waals surface area contributed by atoms with Crippen LogP contribution in [0.15, 0.2) is 54.6 Å². The fourth-order valence-electron chi connectivity index (χ4n) is 5.39. The molecule has 0 atom stereocenters. The lowest BCUT2D eigenvalue weighted by Crippen LogP contribution is -1.99. The van der Waals surface area contributed by atoms with Crippen LogP contribution in [0.3, 0.4) is 0 Å². The molecule has 0 aromatic heterocycles. The summed E-state index contributed by atoms with van der Waals surface area (Å²) in [6, 6.07) is 15.4. The minimum atomic E-state index is -0.00300. The molecule has 2 aromatic rings. The van der Waals surface area contributed by atoms with Crippen LogP contribution in [0, 0.1) is 0 Å². The molecule has 43 heavy (non-hydrogen) atoms. The number of unbranched alkanes of at least 4 members (excludes halogenated alkanes) is 19. The maximum absolute atomic E-state index is 12.6. The Kier molecular flexibility index (Phi) is 22.1. The summed E-state index contributed by atoms with van der Waals surface area (Å²) in [7, 11) is 0. The molecule has 2 rings (SSSR count). The summed E-state index contributed by atoms with van der Waals surface area (Å²) in [6.07, 6.45) is 31.6. The van der Waals surface area contributed by atoms with Gasteiger partial charge in [-0.2, -0.15) is 0 Å². The quantitative estimate of drug-likeness (QED) is 0.0562. The first-order chi connectivity index (χ1) is 21.2. The van der Waals surface area contributed by atoms with Gasteiger partial charge in [0, 0.05) is 5.56 Å². The average Bonchev–Trinajstić information content (AvgIpc) is 3.04. The van der Waals surface area contributed by atoms with Crippen LogP contribution in [-0.2, 0) is 0 Å². The summed E-state index contributed by atoms with van der Waals surface area (Å²) in [5.74, 6) is 1.72. The van der Waals surface area contributed by atoms with Crippen molar-refractivity contribution in [3.8, 4) is 11.5 Å². The predicted molar refractivity (Wildman–Crippen MR) is 186 cm³/mol. The normalized spacial score (nSPS) is 11.3. The van der Waals surface area contributed by atoms with E-state index in [1.54, 1.807) is 6.08 Å². The van der Waals surface area contributed by atoms with Crippen LogP contribution in [0.2, 0.25) is 0 Å². The van der Waals surface area contributed by atoms with Crippen molar-refractivity contribution in [1.82, 2.24) is 0 Å². The predicted octanol–water partition coefficient (Wildman–Crippen LogP) is 12.6. The van der Waals surface area contributed by atoms with Gasteiger partial charge in [-0.15, -0.1) is 0 Å². The highest BCUT2D eigenvalue weighted by atomic mass is 16.5. The van der Waals surface area contributed by atoms with Gasteiger partial charge < -0.3 is 9.47 Å². The van der Waals surface area contributed by atoms with E-state index >= 15 is 0 Å². The summed E-state index contributed by atoms with van der Waals surface area (Å²) in [5, 5.41) is 0. The van der Waals surface area contributed by atoms with Crippen molar-refractivity contribution in [3.05, 3.63) is 65.7 Å². The van der Waals surface area contributed by atoms with Gasteiger partial charge in [0.15, 0.2) is 5.78 Å². The van der Waals surface area contributed by atoms with E-state index in [4.69, 9.17) is 9.47 Å². The molecular weight excluding hydrogens is 528 g/mol. The van der Waals surface area contributed by atoms with Crippen LogP contribution in [0.4, 0.5) is 0 Å². The average molecular weight is 591 g/mol. The molecule has 0 saturated carbocycles. The molecule has 0 N–H and O–H groups in total. The summed E-state index contributed by atoms with van der Waals surface area (Å²) >= 11 is 0. The van der Waals surface area contributed by atoms with Crippen molar-refractivity contribution in [1.29, 1.82) is 0 Å². The third-order valence-corrected chi connectivity index (χ3v) is 8.23. The fourth-order valence-corrected chi connectivity index (χ4v) is 5.39. The van der Waals surface area contributed by atoms with Crippen molar-refractivity contribution >= 4 is 11.9 Å². The third-order valence-electron chi connectivity index (χ3n) is 8.23. The highest BCUT2D eigenvalue weighted by Crippen LogP contribution is 2.18. The van der Waals surface area contributed by atoms with Crippen LogP contribution in [-0.4, -0.2) is 19.0 Å². The molecule has 3 heteroatoms. The van der Waals surface area contributed by atoms with Gasteiger partial charge >= 0.3 is 0 Å². The monoisotopic (exact) mass is 590 g/mol. The molecular formula is C40H62O3. The van der Waals surface area contributed by atoms with E-state index < -0.39 is 0 Å². The third kappa shape index (κ3) is 19.4. The second kappa shape index (κ2) is 25.9. The molecule has 2 aromatic carbocycles. The molecule has 0 bridgehead atoms. The van der Waals surface area contributed by atoms with E-state index in [1.165, 1.54) is 122 Å². The largest absolute Gasteiger partial charge is 0.494 e. The van der Waals surface area contributed by atoms with Gasteiger partial charge in [-0.3, -0.25) is 4.79 Å². The molecule has 0 aliphatic heterocycles. The first-order valence-electron chi connectivity index (χ1n) is 17.9. The number of hydrogen-bond acceptors (Lipinski definition) is 3. The van der Waals surface area contributed by atoms with E-state index in [1.807, 2.05) is 54.6 Å². The summed E-state index contributed by atoms with van der Waals surface area (Å²) in [4.78, 5) is 12.6. The van der Waals surface area contributed by atoms with Crippen molar-refractivity contribution in [2.75, 3.05) is 13.2 Å². The highest BCUT2D eigenvalue weighted by molar-refractivity contribution is 6.06. The van der Waals surface area contributed by atoms with Crippen molar-refractivity contribution in [2.45, 2.75) is 149 Å². The van der Waals surface area contributed by atoms with Crippen molar-refractivity contribution < 1.29 is 14.3 Å². The second-order valence-corrected chi connectivity index (χ2v) is 12.2. The Bertz CT molecular complexity index is 945. The van der Waals surface area contributed by atoms with E-state index in [0.717, 1.165) is 43.1 Å². The van der Waals surface area contributed by atoms with Crippen LogP contribution < -0.4 is 9.47 Å². The molecule has 0 aliphatic rings. The number of ether oxygens (including phenoxy) is 2. The fraction of sp³-hybridized carbons (Fsp3) is 0.625. The number of rotatable bonds is 28. The molecule has 3 nitrogen and oxygen atoms in total. The van der Waals surface area contributed by atoms with Gasteiger partial charge in [-0.1, -0.05) is 154 Å². The lowest BCUT2D eigenvalue weighted by molar-refractivity contribution is 0.104. The Morgan fingerprint density at radius 2 is 0.837 bits per heavy atom. The van der Waals surface area contributed by atoms with Crippen LogP contribution >= 0.6 is 0 Å². The molecule has 0 heterocycles. The van der Waals surface area contributed by atoms with E-state index in [2.05, 4.69) is 13.8 Å². The van der Waals surface area contributed by atoms with Gasteiger partial charge in [0.1, 0.15) is 11.5 Å². The number of hydrogen-bond donors (Lipinski definition) is 0. The molecule has 0 fully saturated rings. The van der Waals surface area contributed by atoms with Gasteiger partial charge in [0.25, 0.3) is 0 Å². The van der Waals surface area contributed by atoms with Gasteiger partial charge in [0.2, 0.25) is 0 Å². The minimum Gasteiger partial charge on any atom is -0.494 e. The minimum absolute atomic E-state index is 0.00300. The Morgan fingerprint density at radius 1 is 0.488 bits per heavy atom. The van der Waals surface area contributed by atoms with E-state index in [-0.39, 0.29) is 5.78 Å². The number of allylic oxidation sites excluding steroid dienone is 1. The highest BCUT2D eigenvalue weighted by Gasteiger charge is 2.03. The Balaban J connectivity index is 1.47. The molecule has 0 amide bonds. The van der Waals surface area contributed by atoms with Gasteiger partial charge in [-0.05, 0) is 60.9 Å². The molecule has 0 unspecified atom stereocenters. The Morgan fingerprint density at radius 3 is 1.23 bits per heavy atom. The first-order valence-corrected chi connectivity index (χ1v) is 17.9. The van der Waals surface area contributed by atoms with Gasteiger partial charge in [0.05, 0.1) is 13.2 Å². The zero-order valence-electron chi connectivity index (χ0n) is 27.8. The van der Waals surface area contributed by atoms with E-state index in [0.29, 0.717) is 5.56 Å². The van der Waals surface area contributed by atoms with E-state index in [9.17, 15) is 4.79 Å². The standard InChI is InChI=1S/C40H62O3/c1-3-5-7-9-10-11-12-13-14-15-16-17-18-19-21-23-35-43-39-31-27-37(28-32-39)40(41)33-26-36-24-29-38(30-25-36)42-34-22-20-8-6-4-2/h24-33H,3-23,34-35H2,1-2H3/b33-26+. The van der Waals surface area contributed by atoms with Crippen LogP contribution in [0.25, 0.3) is 6.08 Å². The summed E-state index contributed by atoms with van der Waals surface area (Å²) in [5.41, 5.74) is 1.66. The van der Waals surface area contributed by atoms with Gasteiger partial charge in [-0.25, -0.2) is 0 Å². The van der Waals surface area contributed by atoms with Crippen LogP contribution in [0.1, 0.15) is 165 Å². The Hall–Kier alpha value is -2.55. The zero-order valence-corrected chi connectivity index (χ0v) is 27.8. The SMILES string of the molecule is CCCCCCCCCCCCCCCCCCOc1ccc(C(=O)/C=C/c2ccc(OCCCCCCC)cc2)cc1. The van der Waals surface area contributed by atoms with Crippen molar-refractivity contribution in [3.63, 3.8) is 0 Å². The molecule has 240 valence electrons. The number of benzene rings is 2. The number of ketones is 1.